The molecule has 1 saturated carbocycles. The Bertz CT molecular complexity index is 208. The third kappa shape index (κ3) is 2.48. The number of fused-ring (bicyclic) bond motifs is 2. The molecule has 1 aliphatic carbocycles. The van der Waals surface area contributed by atoms with Crippen LogP contribution in [0.25, 0.3) is 0 Å². The van der Waals surface area contributed by atoms with Crippen LogP contribution in [-0.2, 0) is 18.0 Å². The molecule has 0 aromatic heterocycles. The Morgan fingerprint density at radius 3 is 1.94 bits per heavy atom. The average molecular weight is 246 g/mol. The van der Waals surface area contributed by atoms with Gasteiger partial charge in [-0.3, -0.25) is 0 Å². The van der Waals surface area contributed by atoms with Gasteiger partial charge in [0.1, 0.15) is 0 Å². The molecule has 0 radical (unpaired) electrons. The number of hydrogen-bond donors (Lipinski definition) is 0. The van der Waals surface area contributed by atoms with E-state index in [0.717, 1.165) is 18.4 Å². The van der Waals surface area contributed by atoms with E-state index in [0.29, 0.717) is 12.2 Å². The topological polar surface area (TPSA) is 36.9 Å². The molecular weight excluding hydrogens is 224 g/mol. The zero-order valence-electron chi connectivity index (χ0n) is 10.4. The van der Waals surface area contributed by atoms with Crippen LogP contribution in [-0.4, -0.2) is 42.3 Å². The lowest BCUT2D eigenvalue weighted by Crippen LogP contribution is -2.47. The maximum absolute atomic E-state index is 5.63. The lowest BCUT2D eigenvalue weighted by molar-refractivity contribution is -0.173. The number of rotatable bonds is 6. The van der Waals surface area contributed by atoms with Gasteiger partial charge in [0, 0.05) is 27.4 Å². The minimum atomic E-state index is -2.35. The van der Waals surface area contributed by atoms with E-state index < -0.39 is 8.80 Å². The molecule has 3 rings (SSSR count). The maximum atomic E-state index is 5.63. The summed E-state index contributed by atoms with van der Waals surface area (Å²) in [6.07, 6.45) is 5.90. The van der Waals surface area contributed by atoms with Crippen LogP contribution in [0.1, 0.15) is 25.7 Å². The molecule has 3 fully saturated rings. The molecule has 94 valence electrons. The SMILES string of the molecule is CO[Si](CCC1CC2CC(C1)O2)(OC)OC. The van der Waals surface area contributed by atoms with Crippen LogP contribution >= 0.6 is 0 Å². The van der Waals surface area contributed by atoms with Gasteiger partial charge in [-0.15, -0.1) is 0 Å². The summed E-state index contributed by atoms with van der Waals surface area (Å²) in [4.78, 5) is 0. The predicted molar refractivity (Wildman–Crippen MR) is 62.2 cm³/mol. The Balaban J connectivity index is 1.77. The Kier molecular flexibility index (Phi) is 4.02. The largest absolute Gasteiger partial charge is 0.500 e. The molecule has 5 heteroatoms. The van der Waals surface area contributed by atoms with Crippen LogP contribution in [0.2, 0.25) is 6.04 Å². The van der Waals surface area contributed by atoms with Gasteiger partial charge in [0.05, 0.1) is 12.2 Å². The molecule has 2 unspecified atom stereocenters. The Hall–Kier alpha value is 0.0569. The van der Waals surface area contributed by atoms with Gasteiger partial charge < -0.3 is 18.0 Å². The van der Waals surface area contributed by atoms with Crippen molar-refractivity contribution in [2.45, 2.75) is 43.9 Å². The molecule has 3 aliphatic rings. The van der Waals surface area contributed by atoms with Crippen molar-refractivity contribution < 1.29 is 18.0 Å². The summed E-state index contributed by atoms with van der Waals surface area (Å²) >= 11 is 0. The van der Waals surface area contributed by atoms with Crippen LogP contribution in [0, 0.1) is 5.92 Å². The van der Waals surface area contributed by atoms with Crippen LogP contribution in [0.4, 0.5) is 0 Å². The number of ether oxygens (including phenoxy) is 1. The fourth-order valence-electron chi connectivity index (χ4n) is 2.87. The average Bonchev–Trinajstić information content (AvgIpc) is 2.31. The molecule has 2 atom stereocenters. The van der Waals surface area contributed by atoms with E-state index in [1.807, 2.05) is 0 Å². The molecule has 0 amide bonds. The first-order valence-corrected chi connectivity index (χ1v) is 7.95. The summed E-state index contributed by atoms with van der Waals surface area (Å²) in [5.41, 5.74) is 0. The fraction of sp³-hybridized carbons (Fsp3) is 1.00. The third-order valence-electron chi connectivity index (χ3n) is 3.89. The highest BCUT2D eigenvalue weighted by molar-refractivity contribution is 6.60. The molecule has 0 aromatic carbocycles. The van der Waals surface area contributed by atoms with Crippen molar-refractivity contribution in [2.75, 3.05) is 21.3 Å². The van der Waals surface area contributed by atoms with Gasteiger partial charge in [-0.05, 0) is 31.6 Å². The van der Waals surface area contributed by atoms with Crippen molar-refractivity contribution in [3.63, 3.8) is 0 Å². The van der Waals surface area contributed by atoms with Crippen LogP contribution in [0.5, 0.6) is 0 Å². The Labute approximate surface area is 98.6 Å². The minimum absolute atomic E-state index is 0.535. The fourth-order valence-corrected chi connectivity index (χ4v) is 4.74. The lowest BCUT2D eigenvalue weighted by Gasteiger charge is -2.45. The highest BCUT2D eigenvalue weighted by Crippen LogP contribution is 2.40. The van der Waals surface area contributed by atoms with E-state index in [-0.39, 0.29) is 0 Å². The summed E-state index contributed by atoms with van der Waals surface area (Å²) in [5.74, 6) is 0.768. The molecule has 2 bridgehead atoms. The van der Waals surface area contributed by atoms with E-state index >= 15 is 0 Å². The second-order valence-corrected chi connectivity index (χ2v) is 7.88. The maximum Gasteiger partial charge on any atom is 0.500 e. The molecule has 0 spiro atoms. The van der Waals surface area contributed by atoms with E-state index in [4.69, 9.17) is 18.0 Å². The summed E-state index contributed by atoms with van der Waals surface area (Å²) in [5, 5.41) is 0. The first-order valence-electron chi connectivity index (χ1n) is 6.02. The highest BCUT2D eigenvalue weighted by atomic mass is 28.4. The van der Waals surface area contributed by atoms with Gasteiger partial charge in [0.25, 0.3) is 0 Å². The van der Waals surface area contributed by atoms with E-state index in [1.54, 1.807) is 21.3 Å². The lowest BCUT2D eigenvalue weighted by atomic mass is 9.79. The first-order chi connectivity index (χ1) is 7.71. The van der Waals surface area contributed by atoms with Gasteiger partial charge in [-0.1, -0.05) is 0 Å². The monoisotopic (exact) mass is 246 g/mol. The molecule has 4 nitrogen and oxygen atoms in total. The third-order valence-corrected chi connectivity index (χ3v) is 6.66. The van der Waals surface area contributed by atoms with Gasteiger partial charge in [-0.25, -0.2) is 0 Å². The molecule has 2 heterocycles. The van der Waals surface area contributed by atoms with Gasteiger partial charge in [-0.2, -0.15) is 0 Å². The van der Waals surface area contributed by atoms with E-state index in [1.165, 1.54) is 19.3 Å². The summed E-state index contributed by atoms with van der Waals surface area (Å²) in [6.45, 7) is 0. The predicted octanol–water partition coefficient (Wildman–Crippen LogP) is 1.82. The summed E-state index contributed by atoms with van der Waals surface area (Å²) in [7, 11) is 2.69. The van der Waals surface area contributed by atoms with Gasteiger partial charge in [0.2, 0.25) is 0 Å². The normalized spacial score (nSPS) is 33.6. The second-order valence-electron chi connectivity index (χ2n) is 4.79. The minimum Gasteiger partial charge on any atom is -0.377 e. The van der Waals surface area contributed by atoms with Crippen LogP contribution < -0.4 is 0 Å². The smallest absolute Gasteiger partial charge is 0.377 e. The Morgan fingerprint density at radius 1 is 1.00 bits per heavy atom. The van der Waals surface area contributed by atoms with Crippen molar-refractivity contribution >= 4 is 8.80 Å². The molecule has 2 saturated heterocycles. The van der Waals surface area contributed by atoms with E-state index in [9.17, 15) is 0 Å². The van der Waals surface area contributed by atoms with Crippen molar-refractivity contribution in [1.82, 2.24) is 0 Å². The molecule has 2 aliphatic heterocycles. The van der Waals surface area contributed by atoms with E-state index in [2.05, 4.69) is 0 Å². The van der Waals surface area contributed by atoms with Crippen LogP contribution in [0.15, 0.2) is 0 Å². The zero-order chi connectivity index (χ0) is 11.6. The zero-order valence-corrected chi connectivity index (χ0v) is 11.4. The summed E-state index contributed by atoms with van der Waals surface area (Å²) in [6, 6.07) is 0.917. The van der Waals surface area contributed by atoms with Crippen molar-refractivity contribution in [2.24, 2.45) is 5.92 Å². The highest BCUT2D eigenvalue weighted by Gasteiger charge is 2.42. The molecule has 0 aromatic rings. The standard InChI is InChI=1S/C11H22O4Si/c1-12-16(13-2,14-3)5-4-9-6-10-8-11(7-9)15-10/h9-11H,4-8H2,1-3H3. The van der Waals surface area contributed by atoms with Crippen molar-refractivity contribution in [3.05, 3.63) is 0 Å². The first kappa shape index (κ1) is 12.5. The Morgan fingerprint density at radius 2 is 1.50 bits per heavy atom. The van der Waals surface area contributed by atoms with Gasteiger partial charge in [0.15, 0.2) is 0 Å². The van der Waals surface area contributed by atoms with Crippen molar-refractivity contribution in [1.29, 1.82) is 0 Å². The van der Waals surface area contributed by atoms with Gasteiger partial charge >= 0.3 is 8.80 Å². The second kappa shape index (κ2) is 5.14. The number of hydrogen-bond acceptors (Lipinski definition) is 4. The molecule has 0 N–H and O–H groups in total. The van der Waals surface area contributed by atoms with Crippen LogP contribution in [0.3, 0.4) is 0 Å². The summed E-state index contributed by atoms with van der Waals surface area (Å²) < 4.78 is 21.9. The molecular formula is C11H22O4Si. The van der Waals surface area contributed by atoms with Crippen molar-refractivity contribution in [3.8, 4) is 0 Å². The molecule has 16 heavy (non-hydrogen) atoms. The quantitative estimate of drug-likeness (QED) is 0.670.